The van der Waals surface area contributed by atoms with Gasteiger partial charge in [0.1, 0.15) is 5.82 Å². The molecular weight excluding hydrogens is 254 g/mol. The first-order chi connectivity index (χ1) is 9.69. The van der Waals surface area contributed by atoms with Gasteiger partial charge < -0.3 is 10.0 Å². The summed E-state index contributed by atoms with van der Waals surface area (Å²) in [5, 5.41) is 10.1. The molecule has 0 spiro atoms. The third kappa shape index (κ3) is 2.43. The largest absolute Gasteiger partial charge is 0.475 e. The molecule has 0 aliphatic heterocycles. The van der Waals surface area contributed by atoms with Gasteiger partial charge in [-0.1, -0.05) is 12.1 Å². The Morgan fingerprint density at radius 2 is 2.10 bits per heavy atom. The summed E-state index contributed by atoms with van der Waals surface area (Å²) in [6.45, 7) is 3.83. The maximum Gasteiger partial charge on any atom is 0.374 e. The van der Waals surface area contributed by atoms with Crippen LogP contribution in [0.1, 0.15) is 30.4 Å². The van der Waals surface area contributed by atoms with Gasteiger partial charge in [0.2, 0.25) is 5.82 Å². The third-order valence-corrected chi connectivity index (χ3v) is 3.63. The summed E-state index contributed by atoms with van der Waals surface area (Å²) in [5.74, 6) is 0.242. The average molecular weight is 271 g/mol. The Kier molecular flexibility index (Phi) is 3.26. The van der Waals surface area contributed by atoms with Gasteiger partial charge in [-0.2, -0.15) is 0 Å². The molecule has 1 aromatic carbocycles. The number of anilines is 1. The van der Waals surface area contributed by atoms with Crippen molar-refractivity contribution < 1.29 is 9.90 Å². The van der Waals surface area contributed by atoms with Crippen LogP contribution in [0.15, 0.2) is 24.3 Å². The van der Waals surface area contributed by atoms with E-state index in [4.69, 9.17) is 0 Å². The van der Waals surface area contributed by atoms with Gasteiger partial charge in [-0.25, -0.2) is 14.8 Å². The highest BCUT2D eigenvalue weighted by atomic mass is 16.4. The number of carboxylic acid groups (broad SMARTS) is 1. The quantitative estimate of drug-likeness (QED) is 0.905. The number of para-hydroxylation sites is 1. The van der Waals surface area contributed by atoms with Crippen molar-refractivity contribution in [2.24, 2.45) is 5.92 Å². The molecule has 3 rings (SSSR count). The van der Waals surface area contributed by atoms with Crippen molar-refractivity contribution in [2.75, 3.05) is 18.0 Å². The number of carbonyl (C=O) groups is 1. The van der Waals surface area contributed by atoms with E-state index < -0.39 is 5.97 Å². The minimum atomic E-state index is -1.08. The van der Waals surface area contributed by atoms with Crippen LogP contribution in [0.3, 0.4) is 0 Å². The summed E-state index contributed by atoms with van der Waals surface area (Å²) in [6, 6.07) is 7.58. The summed E-state index contributed by atoms with van der Waals surface area (Å²) < 4.78 is 0. The molecule has 5 heteroatoms. The van der Waals surface area contributed by atoms with Crippen molar-refractivity contribution in [1.29, 1.82) is 0 Å². The van der Waals surface area contributed by atoms with Crippen molar-refractivity contribution in [3.63, 3.8) is 0 Å². The van der Waals surface area contributed by atoms with Crippen LogP contribution >= 0.6 is 0 Å². The number of benzene rings is 1. The van der Waals surface area contributed by atoms with E-state index in [1.165, 1.54) is 12.8 Å². The van der Waals surface area contributed by atoms with Crippen LogP contribution in [-0.4, -0.2) is 34.1 Å². The molecule has 1 aromatic heterocycles. The van der Waals surface area contributed by atoms with E-state index in [0.29, 0.717) is 5.52 Å². The summed E-state index contributed by atoms with van der Waals surface area (Å²) >= 11 is 0. The minimum absolute atomic E-state index is 0.132. The van der Waals surface area contributed by atoms with Crippen molar-refractivity contribution in [2.45, 2.75) is 19.8 Å². The molecule has 1 N–H and O–H groups in total. The zero-order valence-corrected chi connectivity index (χ0v) is 11.4. The Morgan fingerprint density at radius 3 is 2.75 bits per heavy atom. The molecule has 1 fully saturated rings. The van der Waals surface area contributed by atoms with Gasteiger partial charge >= 0.3 is 5.97 Å². The number of hydrogen-bond acceptors (Lipinski definition) is 4. The number of hydrogen-bond donors (Lipinski definition) is 1. The molecule has 20 heavy (non-hydrogen) atoms. The predicted octanol–water partition coefficient (Wildman–Crippen LogP) is 2.56. The van der Waals surface area contributed by atoms with Gasteiger partial charge in [0.25, 0.3) is 0 Å². The average Bonchev–Trinajstić information content (AvgIpc) is 3.27. The molecule has 104 valence electrons. The fraction of sp³-hybridized carbons (Fsp3) is 0.400. The van der Waals surface area contributed by atoms with Gasteiger partial charge in [-0.3, -0.25) is 0 Å². The van der Waals surface area contributed by atoms with Gasteiger partial charge in [-0.05, 0) is 37.8 Å². The van der Waals surface area contributed by atoms with Crippen LogP contribution in [-0.2, 0) is 0 Å². The van der Waals surface area contributed by atoms with Crippen molar-refractivity contribution in [3.05, 3.63) is 30.1 Å². The van der Waals surface area contributed by atoms with Gasteiger partial charge in [-0.15, -0.1) is 0 Å². The molecule has 0 bridgehead atoms. The summed E-state index contributed by atoms with van der Waals surface area (Å²) in [5.41, 5.74) is 0.684. The topological polar surface area (TPSA) is 66.3 Å². The summed E-state index contributed by atoms with van der Waals surface area (Å²) in [6.07, 6.45) is 2.51. The van der Waals surface area contributed by atoms with E-state index in [-0.39, 0.29) is 5.82 Å². The molecule has 2 aromatic rings. The number of rotatable bonds is 5. The smallest absolute Gasteiger partial charge is 0.374 e. The lowest BCUT2D eigenvalue weighted by Crippen LogP contribution is -2.27. The fourth-order valence-corrected chi connectivity index (χ4v) is 2.37. The van der Waals surface area contributed by atoms with Crippen LogP contribution in [0.25, 0.3) is 10.9 Å². The van der Waals surface area contributed by atoms with Gasteiger partial charge in [0.15, 0.2) is 0 Å². The maximum absolute atomic E-state index is 11.2. The molecule has 0 radical (unpaired) electrons. The summed E-state index contributed by atoms with van der Waals surface area (Å²) in [7, 11) is 0. The first kappa shape index (κ1) is 12.8. The highest BCUT2D eigenvalue weighted by Gasteiger charge is 2.26. The van der Waals surface area contributed by atoms with Crippen molar-refractivity contribution in [1.82, 2.24) is 9.97 Å². The molecule has 1 saturated carbocycles. The second-order valence-electron chi connectivity index (χ2n) is 5.18. The zero-order valence-electron chi connectivity index (χ0n) is 11.4. The molecular formula is C15H17N3O2. The number of fused-ring (bicyclic) bond motifs is 1. The lowest BCUT2D eigenvalue weighted by Gasteiger charge is -2.23. The zero-order chi connectivity index (χ0) is 14.1. The van der Waals surface area contributed by atoms with E-state index in [2.05, 4.69) is 21.8 Å². The number of aromatic nitrogens is 2. The van der Waals surface area contributed by atoms with Crippen LogP contribution in [0.4, 0.5) is 5.82 Å². The maximum atomic E-state index is 11.2. The van der Waals surface area contributed by atoms with Crippen molar-refractivity contribution >= 4 is 22.7 Å². The lowest BCUT2D eigenvalue weighted by molar-refractivity contribution is 0.0684. The molecule has 1 aliphatic rings. The van der Waals surface area contributed by atoms with Crippen LogP contribution in [0.2, 0.25) is 0 Å². The van der Waals surface area contributed by atoms with E-state index in [1.807, 2.05) is 24.3 Å². The van der Waals surface area contributed by atoms with Crippen LogP contribution in [0.5, 0.6) is 0 Å². The van der Waals surface area contributed by atoms with Gasteiger partial charge in [0.05, 0.1) is 5.52 Å². The van der Waals surface area contributed by atoms with Crippen LogP contribution in [0, 0.1) is 5.92 Å². The molecule has 5 nitrogen and oxygen atoms in total. The Bertz CT molecular complexity index is 653. The predicted molar refractivity (Wildman–Crippen MR) is 77.1 cm³/mol. The lowest BCUT2D eigenvalue weighted by atomic mass is 10.2. The molecule has 0 atom stereocenters. The normalized spacial score (nSPS) is 14.4. The standard InChI is InChI=1S/C15H17N3O2/c1-2-18(9-10-7-8-10)14-11-5-3-4-6-12(11)16-13(17-14)15(19)20/h3-6,10H,2,7-9H2,1H3,(H,19,20). The summed E-state index contributed by atoms with van der Waals surface area (Å²) in [4.78, 5) is 21.7. The molecule has 0 amide bonds. The van der Waals surface area contributed by atoms with Gasteiger partial charge in [0, 0.05) is 18.5 Å². The molecule has 1 heterocycles. The van der Waals surface area contributed by atoms with Crippen LogP contribution < -0.4 is 4.90 Å². The first-order valence-electron chi connectivity index (χ1n) is 6.94. The molecule has 0 saturated heterocycles. The highest BCUT2D eigenvalue weighted by molar-refractivity contribution is 5.93. The second-order valence-corrected chi connectivity index (χ2v) is 5.18. The minimum Gasteiger partial charge on any atom is -0.475 e. The number of nitrogens with zero attached hydrogens (tertiary/aromatic N) is 3. The Balaban J connectivity index is 2.12. The molecule has 0 unspecified atom stereocenters. The fourth-order valence-electron chi connectivity index (χ4n) is 2.37. The van der Waals surface area contributed by atoms with Crippen molar-refractivity contribution in [3.8, 4) is 0 Å². The van der Waals surface area contributed by atoms with E-state index in [1.54, 1.807) is 0 Å². The second kappa shape index (κ2) is 5.07. The first-order valence-corrected chi connectivity index (χ1v) is 6.94. The van der Waals surface area contributed by atoms with E-state index in [9.17, 15) is 9.90 Å². The monoisotopic (exact) mass is 271 g/mol. The Hall–Kier alpha value is -2.17. The Morgan fingerprint density at radius 1 is 1.35 bits per heavy atom. The third-order valence-electron chi connectivity index (χ3n) is 3.63. The SMILES string of the molecule is CCN(CC1CC1)c1nc(C(=O)O)nc2ccccc12. The van der Waals surface area contributed by atoms with E-state index in [0.717, 1.165) is 30.2 Å². The highest BCUT2D eigenvalue weighted by Crippen LogP contribution is 2.32. The Labute approximate surface area is 117 Å². The van der Waals surface area contributed by atoms with E-state index >= 15 is 0 Å². The number of carboxylic acids is 1. The molecule has 1 aliphatic carbocycles. The number of aromatic carboxylic acids is 1.